The predicted octanol–water partition coefficient (Wildman–Crippen LogP) is 16.1. The Morgan fingerprint density at radius 2 is 0.943 bits per heavy atom. The van der Waals surface area contributed by atoms with Crippen molar-refractivity contribution in [1.29, 1.82) is 0 Å². The summed E-state index contributed by atoms with van der Waals surface area (Å²) in [5, 5.41) is 15.8. The van der Waals surface area contributed by atoms with Gasteiger partial charge in [-0.25, -0.2) is 43.5 Å². The summed E-state index contributed by atoms with van der Waals surface area (Å²) in [5.41, 5.74) is 14.6. The highest BCUT2D eigenvalue weighted by Gasteiger charge is 2.41. The number of benzene rings is 6. The van der Waals surface area contributed by atoms with Crippen molar-refractivity contribution >= 4 is 76.0 Å². The first-order chi connectivity index (χ1) is 49.9. The molecule has 0 saturated carbocycles. The molecule has 0 radical (unpaired) electrons. The Kier molecular flexibility index (Phi) is 26.6. The number of esters is 6. The second-order valence-electron chi connectivity index (χ2n) is 27.2. The molecule has 2 aliphatic rings. The van der Waals surface area contributed by atoms with Crippen LogP contribution in [0, 0.1) is 6.92 Å². The van der Waals surface area contributed by atoms with Crippen molar-refractivity contribution in [3.05, 3.63) is 235 Å². The quantitative estimate of drug-likeness (QED) is 0.0343. The molecule has 0 amide bonds. The van der Waals surface area contributed by atoms with Gasteiger partial charge in [0, 0.05) is 60.5 Å². The molecule has 20 nitrogen and oxygen atoms in total. The lowest BCUT2D eigenvalue weighted by Gasteiger charge is -2.31. The third-order valence-electron chi connectivity index (χ3n) is 17.1. The second kappa shape index (κ2) is 35.2. The summed E-state index contributed by atoms with van der Waals surface area (Å²) in [7, 11) is 2.06. The average molecular weight is 1430 g/mol. The van der Waals surface area contributed by atoms with Crippen molar-refractivity contribution in [3.8, 4) is 22.5 Å². The second-order valence-corrected chi connectivity index (χ2v) is 27.2. The molecule has 0 saturated heterocycles. The summed E-state index contributed by atoms with van der Waals surface area (Å²) in [4.78, 5) is 98.1. The Morgan fingerprint density at radius 3 is 1.37 bits per heavy atom. The van der Waals surface area contributed by atoms with Gasteiger partial charge in [-0.1, -0.05) is 110 Å². The molecule has 0 aliphatic carbocycles. The number of fused-ring (bicyclic) bond motifs is 2. The van der Waals surface area contributed by atoms with Gasteiger partial charge in [0.25, 0.3) is 0 Å². The standard InChI is InChI=1S/C33H30N4O2.2C26H33NO6/c1-4-9-30-35-31-21(2)18-24(32-34-27-12-7-8-13-28(27)36(32)3)19-29(31)37(30)20-22-14-16-23(17-15-22)25-10-5-6-11-26(25)33(38)39;2*1-8-31-24(29)21-16(3)27-17(4)22(25(30)32-9-2)23(21)19-13-11-10-12-18(19)14-15-20(28)33-26(5,6)7/h5-8,10-19H,4,9,20H2,1-3H3,(H,38,39);2*10-15,23,27H,8-9H2,1-7H3/b;2*15-14+. The van der Waals surface area contributed by atoms with Crippen LogP contribution in [0.4, 0.5) is 0 Å². The van der Waals surface area contributed by atoms with Gasteiger partial charge in [-0.3, -0.25) is 0 Å². The first kappa shape index (κ1) is 79.3. The number of para-hydroxylation sites is 2. The minimum atomic E-state index is -0.921. The number of aryl methyl sites for hydroxylation is 3. The van der Waals surface area contributed by atoms with Crippen LogP contribution in [-0.4, -0.2) is 104 Å². The molecule has 20 heteroatoms. The van der Waals surface area contributed by atoms with Gasteiger partial charge in [-0.05, 0) is 197 Å². The number of carbonyl (C=O) groups is 7. The molecule has 550 valence electrons. The van der Waals surface area contributed by atoms with Gasteiger partial charge in [-0.2, -0.15) is 0 Å². The van der Waals surface area contributed by atoms with E-state index in [1.54, 1.807) is 121 Å². The predicted molar refractivity (Wildman–Crippen MR) is 408 cm³/mol. The highest BCUT2D eigenvalue weighted by atomic mass is 16.6. The number of rotatable bonds is 21. The highest BCUT2D eigenvalue weighted by molar-refractivity contribution is 6.02. The number of nitrogens with zero attached hydrogens (tertiary/aromatic N) is 4. The van der Waals surface area contributed by atoms with E-state index in [0.717, 1.165) is 74.4 Å². The minimum Gasteiger partial charge on any atom is -0.478 e. The van der Waals surface area contributed by atoms with Crippen molar-refractivity contribution in [2.45, 2.75) is 153 Å². The third-order valence-corrected chi connectivity index (χ3v) is 17.1. The number of ether oxygens (including phenoxy) is 6. The molecule has 8 aromatic rings. The number of aromatic nitrogens is 4. The number of hydrogen-bond donors (Lipinski definition) is 3. The Hall–Kier alpha value is -11.4. The number of nitrogens with one attached hydrogen (secondary N) is 2. The zero-order valence-corrected chi connectivity index (χ0v) is 63.2. The Labute approximate surface area is 614 Å². The molecule has 6 aromatic carbocycles. The van der Waals surface area contributed by atoms with E-state index in [1.807, 2.05) is 91.0 Å². The molecule has 10 rings (SSSR count). The topological polar surface area (TPSA) is 255 Å². The van der Waals surface area contributed by atoms with Crippen molar-refractivity contribution in [2.24, 2.45) is 7.05 Å². The summed E-state index contributed by atoms with van der Waals surface area (Å²) in [6.45, 7) is 30.5. The number of imidazole rings is 2. The lowest BCUT2D eigenvalue weighted by atomic mass is 9.78. The largest absolute Gasteiger partial charge is 0.478 e. The molecule has 2 aliphatic heterocycles. The van der Waals surface area contributed by atoms with Crippen molar-refractivity contribution < 1.29 is 67.1 Å². The number of carbonyl (C=O) groups excluding carboxylic acids is 6. The number of carboxylic acid groups (broad SMARTS) is 1. The fraction of sp³-hybridized carbons (Fsp3) is 0.329. The summed E-state index contributed by atoms with van der Waals surface area (Å²) < 4.78 is 36.4. The van der Waals surface area contributed by atoms with Crippen LogP contribution in [0.5, 0.6) is 0 Å². The smallest absolute Gasteiger partial charge is 0.336 e. The lowest BCUT2D eigenvalue weighted by Crippen LogP contribution is -2.32. The zero-order chi connectivity index (χ0) is 76.6. The normalized spacial score (nSPS) is 13.6. The molecular formula is C85H96N6O14. The SMILES string of the molecule is CCCc1nc2c(C)cc(-c3nc4ccccc4n3C)cc2n1Cc1ccc(-c2ccccc2C(=O)O)cc1.CCOC(=O)C1=C(C)NC(C)=C(C(=O)OCC)C1c1ccccc1/C=C/C(=O)OC(C)(C)C.CCOC(=O)C1=C(C)NC(C)=C(C(=O)OCC)C1c1ccccc1/C=C/C(=O)OC(C)(C)C. The van der Waals surface area contributed by atoms with Crippen LogP contribution in [0.1, 0.15) is 172 Å². The molecule has 4 heterocycles. The molecular weight excluding hydrogens is 1330 g/mol. The summed E-state index contributed by atoms with van der Waals surface area (Å²) in [5.74, 6) is -3.44. The van der Waals surface area contributed by atoms with Gasteiger partial charge in [0.1, 0.15) is 22.9 Å². The van der Waals surface area contributed by atoms with Gasteiger partial charge in [-0.15, -0.1) is 0 Å². The maximum absolute atomic E-state index is 13.0. The molecule has 3 N–H and O–H groups in total. The van der Waals surface area contributed by atoms with Gasteiger partial charge >= 0.3 is 41.8 Å². The summed E-state index contributed by atoms with van der Waals surface area (Å²) in [6, 6.07) is 42.5. The van der Waals surface area contributed by atoms with Crippen molar-refractivity contribution in [3.63, 3.8) is 0 Å². The lowest BCUT2D eigenvalue weighted by molar-refractivity contribution is -0.149. The highest BCUT2D eigenvalue weighted by Crippen LogP contribution is 2.43. The van der Waals surface area contributed by atoms with E-state index in [-0.39, 0.29) is 26.4 Å². The van der Waals surface area contributed by atoms with Crippen molar-refractivity contribution in [2.75, 3.05) is 26.4 Å². The molecule has 0 unspecified atom stereocenters. The minimum absolute atomic E-state index is 0.194. The number of aromatic carboxylic acids is 1. The first-order valence-electron chi connectivity index (χ1n) is 35.3. The van der Waals surface area contributed by atoms with Gasteiger partial charge in [0.2, 0.25) is 0 Å². The average Bonchev–Trinajstić information content (AvgIpc) is 1.25. The molecule has 0 bridgehead atoms. The van der Waals surface area contributed by atoms with Gasteiger partial charge in [0.05, 0.1) is 88.2 Å². The Morgan fingerprint density at radius 1 is 0.514 bits per heavy atom. The maximum atomic E-state index is 13.0. The third kappa shape index (κ3) is 19.5. The number of hydrogen-bond acceptors (Lipinski definition) is 17. The van der Waals surface area contributed by atoms with Gasteiger partial charge in [0.15, 0.2) is 0 Å². The monoisotopic (exact) mass is 1420 g/mol. The summed E-state index contributed by atoms with van der Waals surface area (Å²) in [6.07, 6.45) is 7.83. The van der Waals surface area contributed by atoms with Crippen LogP contribution in [-0.2, 0) is 77.2 Å². The number of carboxylic acids is 1. The van der Waals surface area contributed by atoms with Crippen LogP contribution < -0.4 is 10.6 Å². The van der Waals surface area contributed by atoms with Crippen LogP contribution in [0.25, 0.3) is 56.7 Å². The van der Waals surface area contributed by atoms with E-state index >= 15 is 0 Å². The maximum Gasteiger partial charge on any atom is 0.336 e. The molecule has 0 atom stereocenters. The van der Waals surface area contributed by atoms with E-state index in [1.165, 1.54) is 12.2 Å². The number of allylic oxidation sites excluding steroid dienone is 4. The fourth-order valence-corrected chi connectivity index (χ4v) is 12.8. The van der Waals surface area contributed by atoms with E-state index < -0.39 is 64.8 Å². The fourth-order valence-electron chi connectivity index (χ4n) is 12.8. The Balaban J connectivity index is 0.000000200. The van der Waals surface area contributed by atoms with E-state index in [0.29, 0.717) is 79.4 Å². The summed E-state index contributed by atoms with van der Waals surface area (Å²) >= 11 is 0. The molecule has 0 spiro atoms. The van der Waals surface area contributed by atoms with E-state index in [9.17, 15) is 38.7 Å². The zero-order valence-electron chi connectivity index (χ0n) is 63.2. The molecule has 2 aromatic heterocycles. The van der Waals surface area contributed by atoms with Crippen LogP contribution in [0.2, 0.25) is 0 Å². The molecule has 105 heavy (non-hydrogen) atoms. The van der Waals surface area contributed by atoms with Crippen LogP contribution in [0.3, 0.4) is 0 Å². The Bertz CT molecular complexity index is 4550. The van der Waals surface area contributed by atoms with Crippen LogP contribution >= 0.6 is 0 Å². The van der Waals surface area contributed by atoms with Crippen molar-refractivity contribution in [1.82, 2.24) is 29.7 Å². The number of dihydropyridines is 2. The van der Waals surface area contributed by atoms with Crippen LogP contribution in [0.15, 0.2) is 191 Å². The van der Waals surface area contributed by atoms with Gasteiger partial charge < -0.3 is 53.3 Å². The van der Waals surface area contributed by atoms with E-state index in [4.69, 9.17) is 38.4 Å². The first-order valence-corrected chi connectivity index (χ1v) is 35.3. The van der Waals surface area contributed by atoms with E-state index in [2.05, 4.69) is 71.0 Å². The molecule has 0 fully saturated rings.